The lowest BCUT2D eigenvalue weighted by molar-refractivity contribution is -0.137. The van der Waals surface area contributed by atoms with Gasteiger partial charge in [0.1, 0.15) is 0 Å². The molecule has 0 spiro atoms. The summed E-state index contributed by atoms with van der Waals surface area (Å²) in [4.78, 5) is 0. The zero-order valence-corrected chi connectivity index (χ0v) is 9.15. The molecule has 0 aliphatic rings. The Morgan fingerprint density at radius 3 is 1.82 bits per heavy atom. The van der Waals surface area contributed by atoms with E-state index in [1.807, 2.05) is 0 Å². The van der Waals surface area contributed by atoms with E-state index in [1.165, 1.54) is 6.92 Å². The number of hydrogen-bond donors (Lipinski definition) is 1. The summed E-state index contributed by atoms with van der Waals surface area (Å²) in [5.41, 5.74) is -2.13. The van der Waals surface area contributed by atoms with Crippen LogP contribution in [-0.4, -0.2) is 5.11 Å². The Labute approximate surface area is 94.9 Å². The van der Waals surface area contributed by atoms with Crippen LogP contribution in [0.3, 0.4) is 0 Å². The fourth-order valence-electron chi connectivity index (χ4n) is 1.31. The van der Waals surface area contributed by atoms with Crippen LogP contribution in [0.1, 0.15) is 36.6 Å². The van der Waals surface area contributed by atoms with Crippen molar-refractivity contribution in [1.29, 1.82) is 0 Å². The van der Waals surface area contributed by atoms with Gasteiger partial charge in [0.15, 0.2) is 0 Å². The first-order valence-corrected chi connectivity index (χ1v) is 4.80. The maximum atomic E-state index is 13.0. The number of halogens is 5. The van der Waals surface area contributed by atoms with Crippen LogP contribution in [0.2, 0.25) is 0 Å². The molecule has 1 aromatic rings. The molecule has 0 amide bonds. The monoisotopic (exact) mass is 254 g/mol. The smallest absolute Gasteiger partial charge is 0.389 e. The maximum Gasteiger partial charge on any atom is 0.416 e. The second kappa shape index (κ2) is 4.25. The molecule has 1 rings (SSSR count). The SMILES string of the molecule is CC(O)c1cc(C(C)(F)F)cc(C(F)(F)F)c1. The van der Waals surface area contributed by atoms with Gasteiger partial charge in [0, 0.05) is 12.5 Å². The van der Waals surface area contributed by atoms with Crippen LogP contribution in [0.4, 0.5) is 22.0 Å². The summed E-state index contributed by atoms with van der Waals surface area (Å²) in [5.74, 6) is -3.38. The largest absolute Gasteiger partial charge is 0.416 e. The van der Waals surface area contributed by atoms with Crippen molar-refractivity contribution in [3.05, 3.63) is 34.9 Å². The molecule has 0 aromatic heterocycles. The summed E-state index contributed by atoms with van der Waals surface area (Å²) in [6.45, 7) is 1.72. The van der Waals surface area contributed by atoms with Crippen molar-refractivity contribution in [2.24, 2.45) is 0 Å². The van der Waals surface area contributed by atoms with Crippen molar-refractivity contribution < 1.29 is 27.1 Å². The molecule has 0 bridgehead atoms. The molecular formula is C11H11F5O. The molecule has 1 unspecified atom stereocenters. The van der Waals surface area contributed by atoms with E-state index < -0.39 is 29.3 Å². The third-order valence-electron chi connectivity index (χ3n) is 2.27. The number of hydrogen-bond acceptors (Lipinski definition) is 1. The van der Waals surface area contributed by atoms with Gasteiger partial charge in [0.2, 0.25) is 0 Å². The molecule has 1 aromatic carbocycles. The second-order valence-electron chi connectivity index (χ2n) is 3.91. The minimum Gasteiger partial charge on any atom is -0.389 e. The van der Waals surface area contributed by atoms with Gasteiger partial charge in [-0.05, 0) is 30.7 Å². The van der Waals surface area contributed by atoms with Gasteiger partial charge in [-0.2, -0.15) is 13.2 Å². The molecule has 0 aliphatic heterocycles. The molecule has 0 radical (unpaired) electrons. The Hall–Kier alpha value is -1.17. The number of aliphatic hydroxyl groups excluding tert-OH is 1. The molecule has 6 heteroatoms. The van der Waals surface area contributed by atoms with E-state index in [4.69, 9.17) is 0 Å². The minimum absolute atomic E-state index is 0.184. The van der Waals surface area contributed by atoms with Crippen LogP contribution >= 0.6 is 0 Å². The Morgan fingerprint density at radius 2 is 1.47 bits per heavy atom. The lowest BCUT2D eigenvalue weighted by atomic mass is 9.99. The number of benzene rings is 1. The highest BCUT2D eigenvalue weighted by Gasteiger charge is 2.34. The summed E-state index contributed by atoms with van der Waals surface area (Å²) in [6, 6.07) is 1.94. The molecule has 0 fully saturated rings. The van der Waals surface area contributed by atoms with E-state index in [9.17, 15) is 27.1 Å². The fraction of sp³-hybridized carbons (Fsp3) is 0.455. The molecule has 0 aliphatic carbocycles. The van der Waals surface area contributed by atoms with Crippen molar-refractivity contribution >= 4 is 0 Å². The molecule has 0 saturated carbocycles. The summed E-state index contributed by atoms with van der Waals surface area (Å²) in [6.07, 6.45) is -5.95. The molecule has 96 valence electrons. The lowest BCUT2D eigenvalue weighted by Crippen LogP contribution is -2.13. The average molecular weight is 254 g/mol. The van der Waals surface area contributed by atoms with Gasteiger partial charge in [-0.3, -0.25) is 0 Å². The molecule has 0 heterocycles. The van der Waals surface area contributed by atoms with Gasteiger partial charge in [-0.15, -0.1) is 0 Å². The summed E-state index contributed by atoms with van der Waals surface area (Å²) in [5, 5.41) is 9.19. The van der Waals surface area contributed by atoms with E-state index in [0.717, 1.165) is 6.07 Å². The normalized spacial score (nSPS) is 14.8. The Balaban J connectivity index is 3.40. The predicted octanol–water partition coefficient (Wildman–Crippen LogP) is 3.87. The van der Waals surface area contributed by atoms with Gasteiger partial charge in [-0.1, -0.05) is 0 Å². The van der Waals surface area contributed by atoms with Crippen LogP contribution in [0.25, 0.3) is 0 Å². The fourth-order valence-corrected chi connectivity index (χ4v) is 1.31. The van der Waals surface area contributed by atoms with Crippen molar-refractivity contribution in [3.63, 3.8) is 0 Å². The van der Waals surface area contributed by atoms with E-state index in [-0.39, 0.29) is 5.56 Å². The van der Waals surface area contributed by atoms with Crippen molar-refractivity contribution in [3.8, 4) is 0 Å². The lowest BCUT2D eigenvalue weighted by Gasteiger charge is -2.17. The number of alkyl halides is 5. The van der Waals surface area contributed by atoms with Crippen LogP contribution in [0, 0.1) is 0 Å². The Bertz CT molecular complexity index is 371. The van der Waals surface area contributed by atoms with Crippen LogP contribution < -0.4 is 0 Å². The van der Waals surface area contributed by atoms with Crippen molar-refractivity contribution in [2.45, 2.75) is 32.1 Å². The predicted molar refractivity (Wildman–Crippen MR) is 51.6 cm³/mol. The molecule has 0 saturated heterocycles. The van der Waals surface area contributed by atoms with E-state index in [2.05, 4.69) is 0 Å². The van der Waals surface area contributed by atoms with Crippen LogP contribution in [-0.2, 0) is 12.1 Å². The molecular weight excluding hydrogens is 243 g/mol. The van der Waals surface area contributed by atoms with Gasteiger partial charge < -0.3 is 5.11 Å². The standard InChI is InChI=1S/C11H11F5O/c1-6(17)7-3-8(10(2,12)13)5-9(4-7)11(14,15)16/h3-6,17H,1-2H3. The highest BCUT2D eigenvalue weighted by atomic mass is 19.4. The average Bonchev–Trinajstić information content (AvgIpc) is 2.14. The summed E-state index contributed by atoms with van der Waals surface area (Å²) >= 11 is 0. The highest BCUT2D eigenvalue weighted by Crippen LogP contribution is 2.36. The van der Waals surface area contributed by atoms with E-state index in [1.54, 1.807) is 0 Å². The number of rotatable bonds is 2. The van der Waals surface area contributed by atoms with E-state index >= 15 is 0 Å². The zero-order chi connectivity index (χ0) is 13.4. The van der Waals surface area contributed by atoms with Crippen LogP contribution in [0.15, 0.2) is 18.2 Å². The first-order valence-electron chi connectivity index (χ1n) is 4.80. The number of aliphatic hydroxyl groups is 1. The van der Waals surface area contributed by atoms with Crippen molar-refractivity contribution in [1.82, 2.24) is 0 Å². The maximum absolute atomic E-state index is 13.0. The highest BCUT2D eigenvalue weighted by molar-refractivity contribution is 5.35. The zero-order valence-electron chi connectivity index (χ0n) is 9.15. The molecule has 1 atom stereocenters. The topological polar surface area (TPSA) is 20.2 Å². The molecule has 1 N–H and O–H groups in total. The van der Waals surface area contributed by atoms with Gasteiger partial charge in [0.05, 0.1) is 11.7 Å². The van der Waals surface area contributed by atoms with Gasteiger partial charge >= 0.3 is 6.18 Å². The van der Waals surface area contributed by atoms with E-state index in [0.29, 0.717) is 19.1 Å². The first kappa shape index (κ1) is 13.9. The minimum atomic E-state index is -4.72. The molecule has 1 nitrogen and oxygen atoms in total. The Kier molecular flexibility index (Phi) is 3.47. The molecule has 17 heavy (non-hydrogen) atoms. The Morgan fingerprint density at radius 1 is 1.00 bits per heavy atom. The summed E-state index contributed by atoms with van der Waals surface area (Å²) < 4.78 is 63.5. The quantitative estimate of drug-likeness (QED) is 0.794. The van der Waals surface area contributed by atoms with Gasteiger partial charge in [-0.25, -0.2) is 8.78 Å². The van der Waals surface area contributed by atoms with Crippen LogP contribution in [0.5, 0.6) is 0 Å². The van der Waals surface area contributed by atoms with Gasteiger partial charge in [0.25, 0.3) is 5.92 Å². The third-order valence-corrected chi connectivity index (χ3v) is 2.27. The van der Waals surface area contributed by atoms with Crippen molar-refractivity contribution in [2.75, 3.05) is 0 Å². The first-order chi connectivity index (χ1) is 7.51. The summed E-state index contributed by atoms with van der Waals surface area (Å²) in [7, 11) is 0. The second-order valence-corrected chi connectivity index (χ2v) is 3.91. The third kappa shape index (κ3) is 3.39.